The van der Waals surface area contributed by atoms with Gasteiger partial charge in [-0.05, 0) is 24.3 Å². The van der Waals surface area contributed by atoms with Gasteiger partial charge in [0.2, 0.25) is 17.6 Å². The molecule has 2 atom stereocenters. The SMILES string of the molecule is COc1ccc([C@@H]2[C@H](C#N)C(=O)Nc3nc4ccccc4n32)c(OC)c1OC. The van der Waals surface area contributed by atoms with Gasteiger partial charge in [0.1, 0.15) is 0 Å². The first-order valence-electron chi connectivity index (χ1n) is 8.60. The summed E-state index contributed by atoms with van der Waals surface area (Å²) in [6, 6.07) is 12.5. The van der Waals surface area contributed by atoms with Crippen molar-refractivity contribution in [2.45, 2.75) is 6.04 Å². The van der Waals surface area contributed by atoms with Gasteiger partial charge in [0, 0.05) is 5.56 Å². The quantitative estimate of drug-likeness (QED) is 0.750. The zero-order valence-corrected chi connectivity index (χ0v) is 15.6. The molecule has 2 heterocycles. The van der Waals surface area contributed by atoms with E-state index in [2.05, 4.69) is 16.4 Å². The van der Waals surface area contributed by atoms with E-state index >= 15 is 0 Å². The Hall–Kier alpha value is -3.73. The number of hydrogen-bond donors (Lipinski definition) is 1. The highest BCUT2D eigenvalue weighted by molar-refractivity contribution is 5.97. The number of imidazole rings is 1. The lowest BCUT2D eigenvalue weighted by atomic mass is 9.90. The summed E-state index contributed by atoms with van der Waals surface area (Å²) in [5.74, 6) is 0.304. The molecule has 0 saturated heterocycles. The summed E-state index contributed by atoms with van der Waals surface area (Å²) in [6.07, 6.45) is 0. The summed E-state index contributed by atoms with van der Waals surface area (Å²) in [4.78, 5) is 17.1. The maximum absolute atomic E-state index is 12.6. The van der Waals surface area contributed by atoms with Crippen LogP contribution in [0.5, 0.6) is 17.2 Å². The Balaban J connectivity index is 2.04. The number of para-hydroxylation sites is 2. The number of aromatic nitrogens is 2. The largest absolute Gasteiger partial charge is 0.493 e. The number of carbonyl (C=O) groups excluding carboxylic acids is 1. The fourth-order valence-corrected chi connectivity index (χ4v) is 3.70. The number of rotatable bonds is 4. The monoisotopic (exact) mass is 378 g/mol. The van der Waals surface area contributed by atoms with Crippen LogP contribution in [0.15, 0.2) is 36.4 Å². The summed E-state index contributed by atoms with van der Waals surface area (Å²) in [7, 11) is 4.56. The number of amides is 1. The lowest BCUT2D eigenvalue weighted by Crippen LogP contribution is -2.37. The fourth-order valence-electron chi connectivity index (χ4n) is 3.70. The van der Waals surface area contributed by atoms with Crippen LogP contribution in [0, 0.1) is 17.2 Å². The molecular weight excluding hydrogens is 360 g/mol. The molecule has 1 N–H and O–H groups in total. The molecule has 0 fully saturated rings. The van der Waals surface area contributed by atoms with E-state index < -0.39 is 17.9 Å². The van der Waals surface area contributed by atoms with E-state index in [4.69, 9.17) is 14.2 Å². The number of carbonyl (C=O) groups is 1. The number of nitrogens with zero attached hydrogens (tertiary/aromatic N) is 3. The summed E-state index contributed by atoms with van der Waals surface area (Å²) in [5.41, 5.74) is 2.16. The van der Waals surface area contributed by atoms with Crippen molar-refractivity contribution in [3.63, 3.8) is 0 Å². The molecule has 142 valence electrons. The second kappa shape index (κ2) is 6.78. The van der Waals surface area contributed by atoms with Gasteiger partial charge in [0.25, 0.3) is 0 Å². The Kier molecular flexibility index (Phi) is 4.28. The maximum Gasteiger partial charge on any atom is 0.246 e. The van der Waals surface area contributed by atoms with Crippen LogP contribution in [-0.2, 0) is 4.79 Å². The number of hydrogen-bond acceptors (Lipinski definition) is 6. The Bertz CT molecular complexity index is 1120. The molecule has 0 unspecified atom stereocenters. The lowest BCUT2D eigenvalue weighted by molar-refractivity contribution is -0.119. The molecular formula is C20H18N4O4. The van der Waals surface area contributed by atoms with Crippen molar-refractivity contribution in [3.05, 3.63) is 42.0 Å². The molecule has 4 rings (SSSR count). The lowest BCUT2D eigenvalue weighted by Gasteiger charge is -2.31. The number of ether oxygens (including phenoxy) is 3. The number of nitriles is 1. The van der Waals surface area contributed by atoms with Crippen LogP contribution in [0.25, 0.3) is 11.0 Å². The minimum absolute atomic E-state index is 0.388. The average molecular weight is 378 g/mol. The predicted octanol–water partition coefficient (Wildman–Crippen LogP) is 2.74. The Labute approximate surface area is 161 Å². The standard InChI is InChI=1S/C20H18N4O4/c1-26-15-9-8-11(17(27-2)18(15)28-3)16-12(10-21)19(25)23-20-22-13-6-4-5-7-14(13)24(16)20/h4-9,12,16H,1-3H3,(H,22,23,25)/t12-,16+/m0/s1. The van der Waals surface area contributed by atoms with E-state index in [0.29, 0.717) is 28.8 Å². The van der Waals surface area contributed by atoms with Crippen LogP contribution in [0.4, 0.5) is 5.95 Å². The molecule has 1 amide bonds. The molecule has 1 aliphatic heterocycles. The Morgan fingerprint density at radius 1 is 1.07 bits per heavy atom. The van der Waals surface area contributed by atoms with Gasteiger partial charge in [-0.3, -0.25) is 10.1 Å². The molecule has 0 radical (unpaired) electrons. The maximum atomic E-state index is 12.6. The average Bonchev–Trinajstić information content (AvgIpc) is 3.09. The van der Waals surface area contributed by atoms with Gasteiger partial charge in [-0.15, -0.1) is 0 Å². The molecule has 8 heteroatoms. The summed E-state index contributed by atoms with van der Waals surface area (Å²) >= 11 is 0. The highest BCUT2D eigenvalue weighted by Gasteiger charge is 2.41. The zero-order valence-electron chi connectivity index (χ0n) is 15.6. The van der Waals surface area contributed by atoms with Gasteiger partial charge in [-0.1, -0.05) is 12.1 Å². The van der Waals surface area contributed by atoms with Crippen molar-refractivity contribution in [1.82, 2.24) is 9.55 Å². The van der Waals surface area contributed by atoms with Gasteiger partial charge < -0.3 is 18.8 Å². The molecule has 28 heavy (non-hydrogen) atoms. The minimum Gasteiger partial charge on any atom is -0.493 e. The second-order valence-corrected chi connectivity index (χ2v) is 6.26. The second-order valence-electron chi connectivity index (χ2n) is 6.26. The van der Waals surface area contributed by atoms with Crippen molar-refractivity contribution in [1.29, 1.82) is 5.26 Å². The first kappa shape index (κ1) is 17.7. The van der Waals surface area contributed by atoms with Gasteiger partial charge in [-0.2, -0.15) is 5.26 Å². The van der Waals surface area contributed by atoms with E-state index in [1.165, 1.54) is 21.3 Å². The van der Waals surface area contributed by atoms with Crippen molar-refractivity contribution in [2.24, 2.45) is 5.92 Å². The van der Waals surface area contributed by atoms with Gasteiger partial charge in [0.05, 0.1) is 44.5 Å². The summed E-state index contributed by atoms with van der Waals surface area (Å²) in [5, 5.41) is 12.5. The highest BCUT2D eigenvalue weighted by Crippen LogP contribution is 2.47. The van der Waals surface area contributed by atoms with E-state index in [0.717, 1.165) is 11.0 Å². The molecule has 8 nitrogen and oxygen atoms in total. The summed E-state index contributed by atoms with van der Waals surface area (Å²) < 4.78 is 18.3. The Morgan fingerprint density at radius 3 is 2.50 bits per heavy atom. The van der Waals surface area contributed by atoms with Crippen LogP contribution < -0.4 is 19.5 Å². The first-order chi connectivity index (χ1) is 13.6. The first-order valence-corrected chi connectivity index (χ1v) is 8.60. The van der Waals surface area contributed by atoms with E-state index in [1.54, 1.807) is 12.1 Å². The summed E-state index contributed by atoms with van der Waals surface area (Å²) in [6.45, 7) is 0. The van der Waals surface area contributed by atoms with E-state index in [9.17, 15) is 10.1 Å². The zero-order chi connectivity index (χ0) is 19.8. The molecule has 1 aromatic heterocycles. The number of fused-ring (bicyclic) bond motifs is 3. The Morgan fingerprint density at radius 2 is 1.82 bits per heavy atom. The molecule has 0 aliphatic carbocycles. The highest BCUT2D eigenvalue weighted by atomic mass is 16.5. The van der Waals surface area contributed by atoms with Gasteiger partial charge in [-0.25, -0.2) is 4.98 Å². The fraction of sp³-hybridized carbons (Fsp3) is 0.250. The molecule has 1 aliphatic rings. The topological polar surface area (TPSA) is 98.4 Å². The third kappa shape index (κ3) is 2.44. The number of methoxy groups -OCH3 is 3. The van der Waals surface area contributed by atoms with E-state index in [-0.39, 0.29) is 0 Å². The van der Waals surface area contributed by atoms with Crippen molar-refractivity contribution >= 4 is 22.9 Å². The molecule has 2 aromatic carbocycles. The minimum atomic E-state index is -0.975. The van der Waals surface area contributed by atoms with Gasteiger partial charge in [0.15, 0.2) is 17.4 Å². The van der Waals surface area contributed by atoms with Crippen molar-refractivity contribution in [2.75, 3.05) is 26.6 Å². The van der Waals surface area contributed by atoms with Crippen LogP contribution in [0.2, 0.25) is 0 Å². The van der Waals surface area contributed by atoms with Crippen LogP contribution >= 0.6 is 0 Å². The van der Waals surface area contributed by atoms with Crippen LogP contribution in [-0.4, -0.2) is 36.8 Å². The van der Waals surface area contributed by atoms with Crippen molar-refractivity contribution in [3.8, 4) is 23.3 Å². The normalized spacial score (nSPS) is 18.1. The van der Waals surface area contributed by atoms with Crippen molar-refractivity contribution < 1.29 is 19.0 Å². The molecule has 0 bridgehead atoms. The van der Waals surface area contributed by atoms with Gasteiger partial charge >= 0.3 is 0 Å². The third-order valence-electron chi connectivity index (χ3n) is 4.90. The predicted molar refractivity (Wildman–Crippen MR) is 102 cm³/mol. The number of nitrogens with one attached hydrogen (secondary N) is 1. The van der Waals surface area contributed by atoms with Crippen LogP contribution in [0.3, 0.4) is 0 Å². The van der Waals surface area contributed by atoms with E-state index in [1.807, 2.05) is 28.8 Å². The smallest absolute Gasteiger partial charge is 0.246 e. The number of anilines is 1. The molecule has 0 spiro atoms. The molecule has 0 saturated carbocycles. The number of benzene rings is 2. The molecule has 3 aromatic rings. The van der Waals surface area contributed by atoms with Crippen LogP contribution in [0.1, 0.15) is 11.6 Å². The third-order valence-corrected chi connectivity index (χ3v) is 4.90.